The lowest BCUT2D eigenvalue weighted by Crippen LogP contribution is -2.24. The van der Waals surface area contributed by atoms with Crippen LogP contribution >= 0.6 is 23.4 Å². The molecule has 7 nitrogen and oxygen atoms in total. The van der Waals surface area contributed by atoms with Gasteiger partial charge in [0, 0.05) is 11.4 Å². The molecule has 1 aliphatic heterocycles. The molecule has 9 heteroatoms. The number of amides is 1. The van der Waals surface area contributed by atoms with Crippen molar-refractivity contribution in [1.82, 2.24) is 5.32 Å². The van der Waals surface area contributed by atoms with Gasteiger partial charge in [-0.15, -0.1) is 5.10 Å². The smallest absolute Gasteiger partial charge is 0.343 e. The van der Waals surface area contributed by atoms with E-state index in [2.05, 4.69) is 15.5 Å². The van der Waals surface area contributed by atoms with E-state index >= 15 is 0 Å². The maximum absolute atomic E-state index is 12.2. The van der Waals surface area contributed by atoms with Gasteiger partial charge in [-0.1, -0.05) is 35.5 Å². The molecule has 28 heavy (non-hydrogen) atoms. The van der Waals surface area contributed by atoms with Crippen molar-refractivity contribution in [3.05, 3.63) is 64.7 Å². The highest BCUT2D eigenvalue weighted by atomic mass is 35.5. The Hall–Kier alpha value is -2.97. The van der Waals surface area contributed by atoms with Gasteiger partial charge in [0.1, 0.15) is 12.0 Å². The maximum atomic E-state index is 12.2. The van der Waals surface area contributed by atoms with Crippen molar-refractivity contribution in [3.63, 3.8) is 0 Å². The van der Waals surface area contributed by atoms with Crippen molar-refractivity contribution in [2.75, 3.05) is 0 Å². The molecule has 1 unspecified atom stereocenters. The number of halogens is 1. The van der Waals surface area contributed by atoms with Crippen molar-refractivity contribution in [2.24, 2.45) is 10.2 Å². The molecule has 0 aromatic heterocycles. The number of carbonyl (C=O) groups is 3. The second-order valence-electron chi connectivity index (χ2n) is 5.62. The van der Waals surface area contributed by atoms with Gasteiger partial charge in [0.25, 0.3) is 0 Å². The maximum Gasteiger partial charge on any atom is 0.343 e. The van der Waals surface area contributed by atoms with E-state index < -0.39 is 11.2 Å². The Labute approximate surface area is 169 Å². The van der Waals surface area contributed by atoms with Crippen LogP contribution in [0.15, 0.2) is 58.7 Å². The van der Waals surface area contributed by atoms with E-state index in [0.717, 1.165) is 11.8 Å². The Morgan fingerprint density at radius 1 is 1.25 bits per heavy atom. The first kappa shape index (κ1) is 19.8. The number of hydrogen-bond donors (Lipinski definition) is 1. The van der Waals surface area contributed by atoms with Crippen LogP contribution in [0, 0.1) is 0 Å². The van der Waals surface area contributed by atoms with Gasteiger partial charge >= 0.3 is 5.97 Å². The Balaban J connectivity index is 1.63. The van der Waals surface area contributed by atoms with Crippen LogP contribution in [0.3, 0.4) is 0 Å². The minimum Gasteiger partial charge on any atom is -0.423 e. The zero-order valence-corrected chi connectivity index (χ0v) is 15.9. The molecule has 2 aromatic rings. The number of amidine groups is 1. The first-order valence-corrected chi connectivity index (χ1v) is 9.41. The van der Waals surface area contributed by atoms with Gasteiger partial charge < -0.3 is 14.8 Å². The monoisotopic (exact) mass is 415 g/mol. The number of esters is 1. The number of ether oxygens (including phenoxy) is 1. The molecule has 1 aliphatic rings. The van der Waals surface area contributed by atoms with Gasteiger partial charge in [-0.2, -0.15) is 5.10 Å². The lowest BCUT2D eigenvalue weighted by molar-refractivity contribution is -0.120. The van der Waals surface area contributed by atoms with E-state index in [9.17, 15) is 14.4 Å². The molecule has 0 saturated carbocycles. The van der Waals surface area contributed by atoms with Crippen LogP contribution < -0.4 is 10.1 Å². The van der Waals surface area contributed by atoms with Gasteiger partial charge in [-0.05, 0) is 42.0 Å². The van der Waals surface area contributed by atoms with Crippen LogP contribution in [0.25, 0.3) is 0 Å². The van der Waals surface area contributed by atoms with Crippen molar-refractivity contribution in [3.8, 4) is 5.75 Å². The van der Waals surface area contributed by atoms with Crippen LogP contribution in [0.2, 0.25) is 5.02 Å². The second kappa shape index (κ2) is 9.29. The van der Waals surface area contributed by atoms with Crippen LogP contribution in [0.1, 0.15) is 22.3 Å². The third-order valence-corrected chi connectivity index (χ3v) is 4.94. The van der Waals surface area contributed by atoms with E-state index in [4.69, 9.17) is 16.3 Å². The number of nitrogens with one attached hydrogen (secondary N) is 1. The third-order valence-electron chi connectivity index (χ3n) is 3.59. The molecule has 1 heterocycles. The average Bonchev–Trinajstić information content (AvgIpc) is 3.02. The number of hydrogen-bond acceptors (Lipinski definition) is 7. The highest BCUT2D eigenvalue weighted by Crippen LogP contribution is 2.21. The van der Waals surface area contributed by atoms with Crippen molar-refractivity contribution in [2.45, 2.75) is 11.7 Å². The zero-order valence-electron chi connectivity index (χ0n) is 14.4. The molecular weight excluding hydrogens is 402 g/mol. The summed E-state index contributed by atoms with van der Waals surface area (Å²) in [5.74, 6) is -0.411. The minimum absolute atomic E-state index is 0.125. The zero-order chi connectivity index (χ0) is 19.9. The number of aldehydes is 1. The van der Waals surface area contributed by atoms with Gasteiger partial charge in [-0.3, -0.25) is 4.79 Å². The minimum atomic E-state index is -0.503. The molecule has 0 aliphatic carbocycles. The van der Waals surface area contributed by atoms with Gasteiger partial charge in [0.2, 0.25) is 5.91 Å². The van der Waals surface area contributed by atoms with Gasteiger partial charge in [0.05, 0.1) is 17.0 Å². The fourth-order valence-corrected chi connectivity index (χ4v) is 3.24. The topological polar surface area (TPSA) is 97.2 Å². The van der Waals surface area contributed by atoms with E-state index in [1.54, 1.807) is 48.5 Å². The number of nitrogens with zero attached hydrogens (tertiary/aromatic N) is 2. The molecule has 142 valence electrons. The van der Waals surface area contributed by atoms with Crippen molar-refractivity contribution in [1.29, 1.82) is 0 Å². The number of carbonyl (C=O) groups excluding carboxylic acids is 3. The summed E-state index contributed by atoms with van der Waals surface area (Å²) in [7, 11) is 0. The molecule has 2 aromatic carbocycles. The highest BCUT2D eigenvalue weighted by molar-refractivity contribution is 8.15. The summed E-state index contributed by atoms with van der Waals surface area (Å²) in [6, 6.07) is 13.1. The van der Waals surface area contributed by atoms with Crippen molar-refractivity contribution >= 4 is 52.9 Å². The van der Waals surface area contributed by atoms with Gasteiger partial charge in [-0.25, -0.2) is 4.79 Å². The van der Waals surface area contributed by atoms with Crippen molar-refractivity contribution < 1.29 is 19.1 Å². The summed E-state index contributed by atoms with van der Waals surface area (Å²) in [5.41, 5.74) is 1.04. The lowest BCUT2D eigenvalue weighted by Gasteiger charge is -2.05. The van der Waals surface area contributed by atoms with E-state index in [1.165, 1.54) is 6.21 Å². The molecule has 0 bridgehead atoms. The summed E-state index contributed by atoms with van der Waals surface area (Å²) >= 11 is 6.96. The molecule has 1 atom stereocenters. The highest BCUT2D eigenvalue weighted by Gasteiger charge is 2.29. The Morgan fingerprint density at radius 3 is 2.79 bits per heavy atom. The average molecular weight is 416 g/mol. The first-order valence-electron chi connectivity index (χ1n) is 8.15. The molecule has 0 radical (unpaired) electrons. The summed E-state index contributed by atoms with van der Waals surface area (Å²) in [6.07, 6.45) is 2.28. The summed E-state index contributed by atoms with van der Waals surface area (Å²) in [5, 5.41) is 10.8. The number of thioether (sulfide) groups is 1. The van der Waals surface area contributed by atoms with E-state index in [1.807, 2.05) is 0 Å². The fourth-order valence-electron chi connectivity index (χ4n) is 2.25. The van der Waals surface area contributed by atoms with Crippen LogP contribution in [-0.2, 0) is 9.59 Å². The van der Waals surface area contributed by atoms with Crippen LogP contribution in [-0.4, -0.2) is 34.8 Å². The quantitative estimate of drug-likeness (QED) is 0.257. The van der Waals surface area contributed by atoms with Crippen LogP contribution in [0.5, 0.6) is 5.75 Å². The Morgan fingerprint density at radius 2 is 2.04 bits per heavy atom. The fraction of sp³-hybridized carbons (Fsp3) is 0.105. The SMILES string of the molecule is O=CCC1S/C(=N/N=C/c2cccc(OC(=O)c3ccc(Cl)cc3)c2)NC1=O. The summed E-state index contributed by atoms with van der Waals surface area (Å²) in [4.78, 5) is 34.3. The predicted octanol–water partition coefficient (Wildman–Crippen LogP) is 3.07. The molecule has 3 rings (SSSR count). The standard InChI is InChI=1S/C19H14ClN3O4S/c20-14-6-4-13(5-7-14)18(26)27-15-3-1-2-12(10-15)11-21-23-19-22-17(25)16(28-19)8-9-24/h1-7,9-11,16H,8H2,(H,22,23,25)/b21-11+. The lowest BCUT2D eigenvalue weighted by atomic mass is 10.2. The summed E-state index contributed by atoms with van der Waals surface area (Å²) in [6.45, 7) is 0. The second-order valence-corrected chi connectivity index (χ2v) is 7.24. The van der Waals surface area contributed by atoms with Crippen LogP contribution in [0.4, 0.5) is 0 Å². The Kier molecular flexibility index (Phi) is 6.57. The number of rotatable bonds is 6. The molecule has 1 fully saturated rings. The molecule has 1 N–H and O–H groups in total. The Bertz CT molecular complexity index is 960. The van der Waals surface area contributed by atoms with E-state index in [0.29, 0.717) is 33.4 Å². The summed E-state index contributed by atoms with van der Waals surface area (Å²) < 4.78 is 5.34. The normalized spacial score (nSPS) is 17.7. The number of benzene rings is 2. The molecule has 1 saturated heterocycles. The van der Waals surface area contributed by atoms with E-state index in [-0.39, 0.29) is 12.3 Å². The first-order chi connectivity index (χ1) is 13.5. The molecule has 0 spiro atoms. The van der Waals surface area contributed by atoms with Gasteiger partial charge in [0.15, 0.2) is 5.17 Å². The predicted molar refractivity (Wildman–Crippen MR) is 108 cm³/mol. The molecule has 1 amide bonds. The molecular formula is C19H14ClN3O4S. The largest absolute Gasteiger partial charge is 0.423 e. The third kappa shape index (κ3) is 5.28.